The van der Waals surface area contributed by atoms with Gasteiger partial charge in [-0.15, -0.1) is 0 Å². The first-order chi connectivity index (χ1) is 13.6. The number of anilines is 2. The zero-order valence-electron chi connectivity index (χ0n) is 17.0. The Balaban J connectivity index is 1.43. The fourth-order valence-corrected chi connectivity index (χ4v) is 4.50. The van der Waals surface area contributed by atoms with Crippen LogP contribution in [0.15, 0.2) is 48.5 Å². The van der Waals surface area contributed by atoms with Crippen LogP contribution in [0.25, 0.3) is 0 Å². The minimum atomic E-state index is -0.117. The molecule has 5 heteroatoms. The molecule has 2 aliphatic heterocycles. The van der Waals surface area contributed by atoms with Gasteiger partial charge in [-0.3, -0.25) is 9.69 Å². The van der Waals surface area contributed by atoms with Gasteiger partial charge in [-0.25, -0.2) is 0 Å². The molecule has 0 aliphatic carbocycles. The molecule has 0 saturated carbocycles. The number of para-hydroxylation sites is 3. The van der Waals surface area contributed by atoms with Gasteiger partial charge in [0.25, 0.3) is 0 Å². The minimum absolute atomic E-state index is 0.117. The summed E-state index contributed by atoms with van der Waals surface area (Å²) in [5.74, 6) is 1.12. The van der Waals surface area contributed by atoms with Gasteiger partial charge in [0.1, 0.15) is 5.75 Å². The summed E-state index contributed by atoms with van der Waals surface area (Å²) in [4.78, 5) is 20.0. The number of methoxy groups -OCH3 is 1. The van der Waals surface area contributed by atoms with E-state index in [0.717, 1.165) is 49.7 Å². The van der Waals surface area contributed by atoms with Crippen LogP contribution < -0.4 is 14.5 Å². The van der Waals surface area contributed by atoms with Crippen molar-refractivity contribution < 1.29 is 9.53 Å². The molecule has 148 valence electrons. The molecule has 0 radical (unpaired) electrons. The van der Waals surface area contributed by atoms with Crippen LogP contribution in [0.5, 0.6) is 5.75 Å². The molecular formula is C23H29N3O2. The molecule has 0 aromatic heterocycles. The molecular weight excluding hydrogens is 350 g/mol. The Bertz CT molecular complexity index is 845. The van der Waals surface area contributed by atoms with Crippen molar-refractivity contribution in [2.24, 2.45) is 0 Å². The largest absolute Gasteiger partial charge is 0.495 e. The van der Waals surface area contributed by atoms with Gasteiger partial charge in [-0.1, -0.05) is 30.3 Å². The van der Waals surface area contributed by atoms with E-state index in [9.17, 15) is 4.79 Å². The Morgan fingerprint density at radius 1 is 1.00 bits per heavy atom. The summed E-state index contributed by atoms with van der Waals surface area (Å²) in [6, 6.07) is 16.5. The minimum Gasteiger partial charge on any atom is -0.495 e. The second-order valence-electron chi connectivity index (χ2n) is 7.76. The third-order valence-electron chi connectivity index (χ3n) is 6.09. The number of benzene rings is 2. The standard InChI is InChI=1S/C23H29N3O2/c1-17-16-19-8-4-5-9-20(19)26(17)23(27)18(2)24-12-14-25(15-13-24)21-10-6-7-11-22(21)28-3/h4-11,17-18H,12-16H2,1-3H3/t17-,18-/m0/s1. The van der Waals surface area contributed by atoms with Gasteiger partial charge < -0.3 is 14.5 Å². The maximum absolute atomic E-state index is 13.3. The first kappa shape index (κ1) is 18.8. The Morgan fingerprint density at radius 2 is 1.64 bits per heavy atom. The van der Waals surface area contributed by atoms with E-state index in [2.05, 4.69) is 47.9 Å². The number of piperazine rings is 1. The third-order valence-corrected chi connectivity index (χ3v) is 6.09. The predicted molar refractivity (Wildman–Crippen MR) is 113 cm³/mol. The molecule has 0 bridgehead atoms. The van der Waals surface area contributed by atoms with Crippen molar-refractivity contribution >= 4 is 17.3 Å². The molecule has 5 nitrogen and oxygen atoms in total. The SMILES string of the molecule is COc1ccccc1N1CCN([C@@H](C)C(=O)N2c3ccccc3C[C@@H]2C)CC1. The van der Waals surface area contributed by atoms with Crippen molar-refractivity contribution in [1.82, 2.24) is 4.90 Å². The molecule has 2 aliphatic rings. The van der Waals surface area contributed by atoms with Gasteiger partial charge in [0.05, 0.1) is 18.8 Å². The number of amides is 1. The van der Waals surface area contributed by atoms with E-state index in [4.69, 9.17) is 4.74 Å². The summed E-state index contributed by atoms with van der Waals surface area (Å²) >= 11 is 0. The smallest absolute Gasteiger partial charge is 0.244 e. The second-order valence-corrected chi connectivity index (χ2v) is 7.76. The van der Waals surface area contributed by atoms with Gasteiger partial charge in [-0.2, -0.15) is 0 Å². The lowest BCUT2D eigenvalue weighted by Gasteiger charge is -2.40. The molecule has 2 atom stereocenters. The van der Waals surface area contributed by atoms with Crippen LogP contribution in [-0.2, 0) is 11.2 Å². The zero-order valence-corrected chi connectivity index (χ0v) is 17.0. The number of hydrogen-bond donors (Lipinski definition) is 0. The molecule has 1 saturated heterocycles. The highest BCUT2D eigenvalue weighted by Crippen LogP contribution is 2.33. The Morgan fingerprint density at radius 3 is 2.36 bits per heavy atom. The van der Waals surface area contributed by atoms with Gasteiger partial charge in [0.15, 0.2) is 0 Å². The van der Waals surface area contributed by atoms with Gasteiger partial charge in [-0.05, 0) is 44.0 Å². The van der Waals surface area contributed by atoms with Gasteiger partial charge in [0, 0.05) is 37.9 Å². The number of carbonyl (C=O) groups excluding carboxylic acids is 1. The topological polar surface area (TPSA) is 36.0 Å². The van der Waals surface area contributed by atoms with Crippen molar-refractivity contribution in [2.75, 3.05) is 43.1 Å². The highest BCUT2D eigenvalue weighted by atomic mass is 16.5. The van der Waals surface area contributed by atoms with Crippen LogP contribution in [0.1, 0.15) is 19.4 Å². The number of rotatable bonds is 4. The van der Waals surface area contributed by atoms with E-state index in [-0.39, 0.29) is 18.0 Å². The van der Waals surface area contributed by atoms with Crippen molar-refractivity contribution in [3.63, 3.8) is 0 Å². The molecule has 1 amide bonds. The second kappa shape index (κ2) is 7.84. The van der Waals surface area contributed by atoms with E-state index >= 15 is 0 Å². The van der Waals surface area contributed by atoms with Crippen LogP contribution in [0.4, 0.5) is 11.4 Å². The average molecular weight is 380 g/mol. The molecule has 0 unspecified atom stereocenters. The van der Waals surface area contributed by atoms with Gasteiger partial charge >= 0.3 is 0 Å². The van der Waals surface area contributed by atoms with Crippen molar-refractivity contribution in [3.8, 4) is 5.75 Å². The quantitative estimate of drug-likeness (QED) is 0.818. The first-order valence-corrected chi connectivity index (χ1v) is 10.1. The zero-order chi connectivity index (χ0) is 19.7. The lowest BCUT2D eigenvalue weighted by atomic mass is 10.1. The van der Waals surface area contributed by atoms with Crippen molar-refractivity contribution in [3.05, 3.63) is 54.1 Å². The number of nitrogens with zero attached hydrogens (tertiary/aromatic N) is 3. The lowest BCUT2D eigenvalue weighted by molar-refractivity contribution is -0.123. The molecule has 1 fully saturated rings. The van der Waals surface area contributed by atoms with Crippen molar-refractivity contribution in [1.29, 1.82) is 0 Å². The Kier molecular flexibility index (Phi) is 5.27. The molecule has 2 aromatic rings. The summed E-state index contributed by atoms with van der Waals surface area (Å²) < 4.78 is 5.51. The Hall–Kier alpha value is -2.53. The fourth-order valence-electron chi connectivity index (χ4n) is 4.50. The highest BCUT2D eigenvalue weighted by molar-refractivity contribution is 5.99. The van der Waals surface area contributed by atoms with Crippen LogP contribution in [0.3, 0.4) is 0 Å². The van der Waals surface area contributed by atoms with E-state index < -0.39 is 0 Å². The number of fused-ring (bicyclic) bond motifs is 1. The Labute approximate surface area is 167 Å². The number of ether oxygens (including phenoxy) is 1. The van der Waals surface area contributed by atoms with E-state index in [0.29, 0.717) is 0 Å². The fraction of sp³-hybridized carbons (Fsp3) is 0.435. The summed E-state index contributed by atoms with van der Waals surface area (Å²) in [7, 11) is 1.71. The monoisotopic (exact) mass is 379 g/mol. The molecule has 0 N–H and O–H groups in total. The van der Waals surface area contributed by atoms with Crippen LogP contribution in [0, 0.1) is 0 Å². The van der Waals surface area contributed by atoms with E-state index in [1.807, 2.05) is 29.2 Å². The summed E-state index contributed by atoms with van der Waals surface area (Å²) in [6.45, 7) is 7.72. The molecule has 0 spiro atoms. The maximum Gasteiger partial charge on any atom is 0.244 e. The normalized spacial score (nSPS) is 20.8. The average Bonchev–Trinajstić information content (AvgIpc) is 3.08. The molecule has 2 heterocycles. The third kappa shape index (κ3) is 3.35. The van der Waals surface area contributed by atoms with Gasteiger partial charge in [0.2, 0.25) is 5.91 Å². The van der Waals surface area contributed by atoms with Crippen LogP contribution in [0.2, 0.25) is 0 Å². The molecule has 28 heavy (non-hydrogen) atoms. The molecule has 2 aromatic carbocycles. The van der Waals surface area contributed by atoms with Crippen LogP contribution >= 0.6 is 0 Å². The molecule has 4 rings (SSSR count). The summed E-state index contributed by atoms with van der Waals surface area (Å²) in [5, 5.41) is 0. The highest BCUT2D eigenvalue weighted by Gasteiger charge is 2.36. The number of hydrogen-bond acceptors (Lipinski definition) is 4. The predicted octanol–water partition coefficient (Wildman–Crippen LogP) is 3.18. The lowest BCUT2D eigenvalue weighted by Crippen LogP contribution is -2.55. The first-order valence-electron chi connectivity index (χ1n) is 10.1. The van der Waals surface area contributed by atoms with Crippen molar-refractivity contribution in [2.45, 2.75) is 32.4 Å². The summed E-state index contributed by atoms with van der Waals surface area (Å²) in [6.07, 6.45) is 0.941. The van der Waals surface area contributed by atoms with Crippen LogP contribution in [-0.4, -0.2) is 56.2 Å². The van der Waals surface area contributed by atoms with E-state index in [1.54, 1.807) is 7.11 Å². The van der Waals surface area contributed by atoms with E-state index in [1.165, 1.54) is 5.56 Å². The summed E-state index contributed by atoms with van der Waals surface area (Å²) in [5.41, 5.74) is 3.49. The number of carbonyl (C=O) groups is 1. The maximum atomic E-state index is 13.3.